The zero-order chi connectivity index (χ0) is 9.40. The Morgan fingerprint density at radius 3 is 2.75 bits per heavy atom. The Hall–Kier alpha value is -0.810. The molecule has 0 aromatic heterocycles. The highest BCUT2D eigenvalue weighted by molar-refractivity contribution is 5.79. The molecular weight excluding hydrogens is 150 g/mol. The lowest BCUT2D eigenvalue weighted by atomic mass is 10.1. The quantitative estimate of drug-likeness (QED) is 0.630. The SMILES string of the molecule is CC#CCCC(=O)CC(N)CC. The Kier molecular flexibility index (Phi) is 6.41. The molecule has 0 spiro atoms. The molecular formula is C10H17NO. The van der Waals surface area contributed by atoms with E-state index in [4.69, 9.17) is 5.73 Å². The van der Waals surface area contributed by atoms with E-state index in [0.717, 1.165) is 6.42 Å². The van der Waals surface area contributed by atoms with Gasteiger partial charge in [-0.3, -0.25) is 4.79 Å². The van der Waals surface area contributed by atoms with Gasteiger partial charge in [0, 0.05) is 25.3 Å². The fraction of sp³-hybridized carbons (Fsp3) is 0.700. The number of hydrogen-bond donors (Lipinski definition) is 1. The third kappa shape index (κ3) is 5.94. The summed E-state index contributed by atoms with van der Waals surface area (Å²) in [6.07, 6.45) is 2.59. The maximum atomic E-state index is 11.1. The summed E-state index contributed by atoms with van der Waals surface area (Å²) in [4.78, 5) is 11.1. The van der Waals surface area contributed by atoms with Gasteiger partial charge in [-0.1, -0.05) is 6.92 Å². The van der Waals surface area contributed by atoms with Gasteiger partial charge in [0.25, 0.3) is 0 Å². The molecule has 0 bridgehead atoms. The molecule has 1 unspecified atom stereocenters. The number of Topliss-reactive ketones (excluding diaryl/α,β-unsaturated/α-hetero) is 1. The van der Waals surface area contributed by atoms with Crippen LogP contribution in [0.1, 0.15) is 39.5 Å². The van der Waals surface area contributed by atoms with Crippen molar-refractivity contribution in [3.05, 3.63) is 0 Å². The van der Waals surface area contributed by atoms with Gasteiger partial charge < -0.3 is 5.73 Å². The molecule has 0 saturated heterocycles. The first-order valence-corrected chi connectivity index (χ1v) is 4.37. The Bertz CT molecular complexity index is 188. The maximum Gasteiger partial charge on any atom is 0.135 e. The lowest BCUT2D eigenvalue weighted by Crippen LogP contribution is -2.22. The lowest BCUT2D eigenvalue weighted by Gasteiger charge is -2.05. The number of rotatable bonds is 5. The molecule has 0 aliphatic rings. The van der Waals surface area contributed by atoms with Gasteiger partial charge in [0.05, 0.1) is 0 Å². The molecule has 0 aliphatic heterocycles. The van der Waals surface area contributed by atoms with Crippen LogP contribution in [0.4, 0.5) is 0 Å². The normalized spacial score (nSPS) is 11.6. The smallest absolute Gasteiger partial charge is 0.135 e. The van der Waals surface area contributed by atoms with Gasteiger partial charge in [0.2, 0.25) is 0 Å². The van der Waals surface area contributed by atoms with E-state index in [9.17, 15) is 4.79 Å². The fourth-order valence-electron chi connectivity index (χ4n) is 0.866. The van der Waals surface area contributed by atoms with Gasteiger partial charge in [0.1, 0.15) is 5.78 Å². The van der Waals surface area contributed by atoms with Crippen LogP contribution >= 0.6 is 0 Å². The van der Waals surface area contributed by atoms with Gasteiger partial charge in [-0.25, -0.2) is 0 Å². The van der Waals surface area contributed by atoms with Crippen LogP contribution in [-0.2, 0) is 4.79 Å². The lowest BCUT2D eigenvalue weighted by molar-refractivity contribution is -0.119. The summed E-state index contributed by atoms with van der Waals surface area (Å²) in [7, 11) is 0. The number of carbonyl (C=O) groups excluding carboxylic acids is 1. The Balaban J connectivity index is 3.50. The predicted octanol–water partition coefficient (Wildman–Crippen LogP) is 1.49. The highest BCUT2D eigenvalue weighted by Gasteiger charge is 2.05. The molecule has 0 fully saturated rings. The molecule has 0 radical (unpaired) electrons. The third-order valence-corrected chi connectivity index (χ3v) is 1.72. The second kappa shape index (κ2) is 6.87. The molecule has 2 nitrogen and oxygen atoms in total. The molecule has 2 heteroatoms. The van der Waals surface area contributed by atoms with E-state index in [1.807, 2.05) is 6.92 Å². The monoisotopic (exact) mass is 167 g/mol. The Labute approximate surface area is 74.5 Å². The molecule has 0 aliphatic carbocycles. The minimum Gasteiger partial charge on any atom is -0.327 e. The molecule has 2 N–H and O–H groups in total. The van der Waals surface area contributed by atoms with Crippen molar-refractivity contribution in [2.75, 3.05) is 0 Å². The molecule has 1 atom stereocenters. The van der Waals surface area contributed by atoms with Gasteiger partial charge >= 0.3 is 0 Å². The summed E-state index contributed by atoms with van der Waals surface area (Å²) in [6.45, 7) is 3.77. The number of nitrogens with two attached hydrogens (primary N) is 1. The first kappa shape index (κ1) is 11.2. The van der Waals surface area contributed by atoms with Crippen LogP contribution in [0.5, 0.6) is 0 Å². The molecule has 12 heavy (non-hydrogen) atoms. The summed E-state index contributed by atoms with van der Waals surface area (Å²) in [5, 5.41) is 0. The topological polar surface area (TPSA) is 43.1 Å². The van der Waals surface area contributed by atoms with Crippen molar-refractivity contribution < 1.29 is 4.79 Å². The van der Waals surface area contributed by atoms with Crippen molar-refractivity contribution in [1.82, 2.24) is 0 Å². The first-order valence-electron chi connectivity index (χ1n) is 4.37. The van der Waals surface area contributed by atoms with Crippen molar-refractivity contribution in [3.63, 3.8) is 0 Å². The minimum atomic E-state index is 0.0343. The van der Waals surface area contributed by atoms with E-state index in [1.165, 1.54) is 0 Å². The van der Waals surface area contributed by atoms with Crippen molar-refractivity contribution in [2.45, 2.75) is 45.6 Å². The van der Waals surface area contributed by atoms with Crippen LogP contribution in [0.15, 0.2) is 0 Å². The average Bonchev–Trinajstić information content (AvgIpc) is 2.05. The molecule has 0 heterocycles. The Morgan fingerprint density at radius 1 is 1.58 bits per heavy atom. The molecule has 0 rings (SSSR count). The van der Waals surface area contributed by atoms with Crippen LogP contribution in [0, 0.1) is 11.8 Å². The van der Waals surface area contributed by atoms with Crippen molar-refractivity contribution in [1.29, 1.82) is 0 Å². The predicted molar refractivity (Wildman–Crippen MR) is 50.6 cm³/mol. The molecule has 68 valence electrons. The van der Waals surface area contributed by atoms with Crippen LogP contribution in [0.25, 0.3) is 0 Å². The van der Waals surface area contributed by atoms with E-state index in [1.54, 1.807) is 6.92 Å². The molecule has 0 amide bonds. The third-order valence-electron chi connectivity index (χ3n) is 1.72. The summed E-state index contributed by atoms with van der Waals surface area (Å²) in [5.41, 5.74) is 5.62. The largest absolute Gasteiger partial charge is 0.327 e. The zero-order valence-electron chi connectivity index (χ0n) is 7.89. The standard InChI is InChI=1S/C10H17NO/c1-3-5-6-7-10(12)8-9(11)4-2/h9H,4,6-8,11H2,1-2H3. The van der Waals surface area contributed by atoms with Gasteiger partial charge in [-0.15, -0.1) is 11.8 Å². The molecule has 0 aromatic carbocycles. The number of ketones is 1. The van der Waals surface area contributed by atoms with Crippen molar-refractivity contribution in [2.24, 2.45) is 5.73 Å². The fourth-order valence-corrected chi connectivity index (χ4v) is 0.866. The molecule has 0 saturated carbocycles. The Morgan fingerprint density at radius 2 is 2.25 bits per heavy atom. The highest BCUT2D eigenvalue weighted by Crippen LogP contribution is 1.99. The second-order valence-electron chi connectivity index (χ2n) is 2.84. The van der Waals surface area contributed by atoms with Crippen molar-refractivity contribution in [3.8, 4) is 11.8 Å². The highest BCUT2D eigenvalue weighted by atomic mass is 16.1. The maximum absolute atomic E-state index is 11.1. The van der Waals surface area contributed by atoms with Crippen LogP contribution in [-0.4, -0.2) is 11.8 Å². The number of hydrogen-bond acceptors (Lipinski definition) is 2. The second-order valence-corrected chi connectivity index (χ2v) is 2.84. The van der Waals surface area contributed by atoms with E-state index in [-0.39, 0.29) is 11.8 Å². The number of carbonyl (C=O) groups is 1. The van der Waals surface area contributed by atoms with E-state index in [0.29, 0.717) is 19.3 Å². The average molecular weight is 167 g/mol. The van der Waals surface area contributed by atoms with Crippen LogP contribution in [0.3, 0.4) is 0 Å². The van der Waals surface area contributed by atoms with Gasteiger partial charge in [-0.05, 0) is 13.3 Å². The summed E-state index contributed by atoms with van der Waals surface area (Å²) in [5.74, 6) is 5.84. The molecule has 0 aromatic rings. The summed E-state index contributed by atoms with van der Waals surface area (Å²) in [6, 6.07) is 0.0343. The van der Waals surface area contributed by atoms with Crippen molar-refractivity contribution >= 4 is 5.78 Å². The zero-order valence-corrected chi connectivity index (χ0v) is 7.89. The van der Waals surface area contributed by atoms with Gasteiger partial charge in [-0.2, -0.15) is 0 Å². The van der Waals surface area contributed by atoms with Gasteiger partial charge in [0.15, 0.2) is 0 Å². The van der Waals surface area contributed by atoms with Crippen LogP contribution < -0.4 is 5.73 Å². The summed E-state index contributed by atoms with van der Waals surface area (Å²) >= 11 is 0. The summed E-state index contributed by atoms with van der Waals surface area (Å²) < 4.78 is 0. The van der Waals surface area contributed by atoms with E-state index in [2.05, 4.69) is 11.8 Å². The first-order chi connectivity index (χ1) is 5.70. The minimum absolute atomic E-state index is 0.0343. The van der Waals surface area contributed by atoms with E-state index >= 15 is 0 Å². The van der Waals surface area contributed by atoms with E-state index < -0.39 is 0 Å². The van der Waals surface area contributed by atoms with Crippen LogP contribution in [0.2, 0.25) is 0 Å².